The third-order valence-electron chi connectivity index (χ3n) is 4.08. The summed E-state index contributed by atoms with van der Waals surface area (Å²) in [7, 11) is 0. The average Bonchev–Trinajstić information content (AvgIpc) is 3.19. The first-order chi connectivity index (χ1) is 14.6. The monoisotopic (exact) mass is 427 g/mol. The van der Waals surface area contributed by atoms with Crippen LogP contribution in [0.15, 0.2) is 51.8 Å². The van der Waals surface area contributed by atoms with E-state index >= 15 is 0 Å². The molecule has 0 bridgehead atoms. The molecule has 0 saturated heterocycles. The SMILES string of the molecule is CCOc1ccc(-c2nnc(NC(=O)CCSc3ccc(C)cc3)o2)cc1OCC. The van der Waals surface area contributed by atoms with Crippen molar-refractivity contribution in [3.8, 4) is 23.0 Å². The Hall–Kier alpha value is -3.00. The number of amides is 1. The van der Waals surface area contributed by atoms with Crippen molar-refractivity contribution >= 4 is 23.7 Å². The normalized spacial score (nSPS) is 10.6. The zero-order valence-corrected chi connectivity index (χ0v) is 18.1. The molecule has 0 spiro atoms. The Kier molecular flexibility index (Phi) is 7.73. The van der Waals surface area contributed by atoms with Gasteiger partial charge in [-0.05, 0) is 51.1 Å². The van der Waals surface area contributed by atoms with Crippen molar-refractivity contribution < 1.29 is 18.7 Å². The van der Waals surface area contributed by atoms with Gasteiger partial charge in [-0.3, -0.25) is 10.1 Å². The van der Waals surface area contributed by atoms with Crippen LogP contribution in [-0.2, 0) is 4.79 Å². The van der Waals surface area contributed by atoms with Crippen LogP contribution >= 0.6 is 11.8 Å². The molecule has 7 nitrogen and oxygen atoms in total. The number of hydrogen-bond donors (Lipinski definition) is 1. The smallest absolute Gasteiger partial charge is 0.322 e. The number of nitrogens with zero attached hydrogens (tertiary/aromatic N) is 2. The molecule has 3 rings (SSSR count). The Bertz CT molecular complexity index is 973. The van der Waals surface area contributed by atoms with E-state index in [0.717, 1.165) is 4.90 Å². The van der Waals surface area contributed by atoms with E-state index in [1.54, 1.807) is 23.9 Å². The number of nitrogens with one attached hydrogen (secondary N) is 1. The predicted molar refractivity (Wildman–Crippen MR) is 117 cm³/mol. The Morgan fingerprint density at radius 3 is 2.50 bits per heavy atom. The third kappa shape index (κ3) is 6.00. The number of aryl methyl sites for hydroxylation is 1. The van der Waals surface area contributed by atoms with E-state index in [1.807, 2.05) is 26.8 Å². The van der Waals surface area contributed by atoms with Gasteiger partial charge in [-0.25, -0.2) is 0 Å². The van der Waals surface area contributed by atoms with E-state index in [1.165, 1.54) is 5.56 Å². The molecule has 3 aromatic rings. The lowest BCUT2D eigenvalue weighted by Crippen LogP contribution is -2.12. The van der Waals surface area contributed by atoms with Crippen LogP contribution in [0.25, 0.3) is 11.5 Å². The number of rotatable bonds is 10. The molecule has 1 amide bonds. The number of anilines is 1. The van der Waals surface area contributed by atoms with Gasteiger partial charge >= 0.3 is 6.01 Å². The fourth-order valence-corrected chi connectivity index (χ4v) is 3.50. The lowest BCUT2D eigenvalue weighted by atomic mass is 10.2. The second-order valence-electron chi connectivity index (χ2n) is 6.40. The first-order valence-corrected chi connectivity index (χ1v) is 10.8. The van der Waals surface area contributed by atoms with E-state index in [0.29, 0.717) is 48.3 Å². The number of ether oxygens (including phenoxy) is 2. The zero-order chi connectivity index (χ0) is 21.3. The zero-order valence-electron chi connectivity index (χ0n) is 17.3. The molecule has 30 heavy (non-hydrogen) atoms. The molecule has 0 aliphatic rings. The maximum absolute atomic E-state index is 12.2. The Morgan fingerprint density at radius 2 is 1.77 bits per heavy atom. The highest BCUT2D eigenvalue weighted by Gasteiger charge is 2.14. The summed E-state index contributed by atoms with van der Waals surface area (Å²) in [6.45, 7) is 6.91. The summed E-state index contributed by atoms with van der Waals surface area (Å²) in [4.78, 5) is 13.3. The van der Waals surface area contributed by atoms with Crippen LogP contribution in [0.3, 0.4) is 0 Å². The van der Waals surface area contributed by atoms with Gasteiger partial charge in [0.2, 0.25) is 11.8 Å². The van der Waals surface area contributed by atoms with Gasteiger partial charge in [0.05, 0.1) is 13.2 Å². The van der Waals surface area contributed by atoms with Gasteiger partial charge in [0.25, 0.3) is 0 Å². The summed E-state index contributed by atoms with van der Waals surface area (Å²) < 4.78 is 16.8. The molecule has 0 fully saturated rings. The molecule has 0 aliphatic carbocycles. The molecule has 0 atom stereocenters. The van der Waals surface area contributed by atoms with Crippen molar-refractivity contribution in [2.75, 3.05) is 24.3 Å². The first kappa shape index (κ1) is 21.7. The lowest BCUT2D eigenvalue weighted by molar-refractivity contribution is -0.115. The van der Waals surface area contributed by atoms with E-state index in [-0.39, 0.29) is 11.9 Å². The number of carbonyl (C=O) groups is 1. The summed E-state index contributed by atoms with van der Waals surface area (Å²) in [5, 5.41) is 10.6. The molecule has 1 aromatic heterocycles. The van der Waals surface area contributed by atoms with Crippen molar-refractivity contribution in [1.82, 2.24) is 10.2 Å². The fraction of sp³-hybridized carbons (Fsp3) is 0.318. The maximum atomic E-state index is 12.2. The van der Waals surface area contributed by atoms with Gasteiger partial charge in [-0.1, -0.05) is 22.8 Å². The lowest BCUT2D eigenvalue weighted by Gasteiger charge is -2.11. The minimum Gasteiger partial charge on any atom is -0.490 e. The van der Waals surface area contributed by atoms with Crippen LogP contribution in [0, 0.1) is 6.92 Å². The topological polar surface area (TPSA) is 86.5 Å². The molecular weight excluding hydrogens is 402 g/mol. The summed E-state index contributed by atoms with van der Waals surface area (Å²) in [5.41, 5.74) is 1.90. The predicted octanol–water partition coefficient (Wildman–Crippen LogP) is 4.96. The minimum absolute atomic E-state index is 0.0715. The Labute approximate surface area is 180 Å². The molecule has 1 N–H and O–H groups in total. The summed E-state index contributed by atoms with van der Waals surface area (Å²) >= 11 is 1.63. The van der Waals surface area contributed by atoms with E-state index < -0.39 is 0 Å². The highest BCUT2D eigenvalue weighted by Crippen LogP contribution is 2.32. The second-order valence-corrected chi connectivity index (χ2v) is 7.57. The van der Waals surface area contributed by atoms with Gasteiger partial charge in [-0.2, -0.15) is 0 Å². The van der Waals surface area contributed by atoms with Gasteiger partial charge in [-0.15, -0.1) is 16.9 Å². The van der Waals surface area contributed by atoms with Crippen molar-refractivity contribution in [3.63, 3.8) is 0 Å². The standard InChI is InChI=1S/C22H25N3O4S/c1-4-27-18-11-8-16(14-19(18)28-5-2)21-24-25-22(29-21)23-20(26)12-13-30-17-9-6-15(3)7-10-17/h6-11,14H,4-5,12-13H2,1-3H3,(H,23,25,26). The third-order valence-corrected chi connectivity index (χ3v) is 5.09. The van der Waals surface area contributed by atoms with Gasteiger partial charge in [0.1, 0.15) is 0 Å². The first-order valence-electron chi connectivity index (χ1n) is 9.82. The van der Waals surface area contributed by atoms with E-state index in [4.69, 9.17) is 13.9 Å². The van der Waals surface area contributed by atoms with Gasteiger partial charge < -0.3 is 13.9 Å². The van der Waals surface area contributed by atoms with Gasteiger partial charge in [0, 0.05) is 22.6 Å². The molecule has 2 aromatic carbocycles. The number of hydrogen-bond acceptors (Lipinski definition) is 7. The van der Waals surface area contributed by atoms with Crippen molar-refractivity contribution in [2.45, 2.75) is 32.1 Å². The van der Waals surface area contributed by atoms with Crippen LogP contribution < -0.4 is 14.8 Å². The summed E-state index contributed by atoms with van der Waals surface area (Å²) in [5.74, 6) is 2.04. The van der Waals surface area contributed by atoms with Crippen LogP contribution in [0.4, 0.5) is 6.01 Å². The van der Waals surface area contributed by atoms with E-state index in [2.05, 4.69) is 39.8 Å². The molecule has 0 aliphatic heterocycles. The fourth-order valence-electron chi connectivity index (χ4n) is 2.65. The Balaban J connectivity index is 1.57. The highest BCUT2D eigenvalue weighted by molar-refractivity contribution is 7.99. The number of benzene rings is 2. The highest BCUT2D eigenvalue weighted by atomic mass is 32.2. The summed E-state index contributed by atoms with van der Waals surface area (Å²) in [6.07, 6.45) is 0.341. The second kappa shape index (κ2) is 10.7. The number of thioether (sulfide) groups is 1. The minimum atomic E-state index is -0.175. The number of carbonyl (C=O) groups excluding carboxylic acids is 1. The van der Waals surface area contributed by atoms with E-state index in [9.17, 15) is 4.79 Å². The average molecular weight is 428 g/mol. The van der Waals surface area contributed by atoms with Crippen LogP contribution in [0.5, 0.6) is 11.5 Å². The largest absolute Gasteiger partial charge is 0.490 e. The summed E-state index contributed by atoms with van der Waals surface area (Å²) in [6, 6.07) is 13.7. The number of aromatic nitrogens is 2. The molecule has 158 valence electrons. The Morgan fingerprint density at radius 1 is 1.03 bits per heavy atom. The molecule has 1 heterocycles. The van der Waals surface area contributed by atoms with Crippen molar-refractivity contribution in [2.24, 2.45) is 0 Å². The van der Waals surface area contributed by atoms with Crippen LogP contribution in [0.2, 0.25) is 0 Å². The van der Waals surface area contributed by atoms with Gasteiger partial charge in [0.15, 0.2) is 11.5 Å². The molecule has 8 heteroatoms. The molecule has 0 unspecified atom stereocenters. The maximum Gasteiger partial charge on any atom is 0.322 e. The van der Waals surface area contributed by atoms with Crippen LogP contribution in [0.1, 0.15) is 25.8 Å². The molecule has 0 radical (unpaired) electrons. The van der Waals surface area contributed by atoms with Crippen molar-refractivity contribution in [1.29, 1.82) is 0 Å². The quantitative estimate of drug-likeness (QED) is 0.457. The van der Waals surface area contributed by atoms with Crippen molar-refractivity contribution in [3.05, 3.63) is 48.0 Å². The molecule has 0 saturated carbocycles. The van der Waals surface area contributed by atoms with Crippen LogP contribution in [-0.4, -0.2) is 35.1 Å². The molecular formula is C22H25N3O4S.